The van der Waals surface area contributed by atoms with Crippen molar-refractivity contribution >= 4 is 0 Å². The Bertz CT molecular complexity index is 1170. The molecule has 1 unspecified atom stereocenters. The van der Waals surface area contributed by atoms with E-state index in [1.165, 1.54) is 135 Å². The molecule has 4 rings (SSSR count). The number of likely N-dealkylation sites (N-methyl/N-ethyl adjacent to an activating group) is 1. The van der Waals surface area contributed by atoms with Crippen LogP contribution in [0.1, 0.15) is 202 Å². The van der Waals surface area contributed by atoms with E-state index in [0.29, 0.717) is 23.5 Å². The lowest BCUT2D eigenvalue weighted by Gasteiger charge is -2.58. The minimum atomic E-state index is 0.143. The maximum absolute atomic E-state index is 6.59. The van der Waals surface area contributed by atoms with E-state index in [0.717, 1.165) is 87.6 Å². The zero-order chi connectivity index (χ0) is 41.6. The Labute approximate surface area is 361 Å². The predicted molar refractivity (Wildman–Crippen MR) is 250 cm³/mol. The van der Waals surface area contributed by atoms with Crippen molar-refractivity contribution in [2.75, 3.05) is 47.1 Å². The number of ether oxygens (including phenoxy) is 3. The molecule has 0 bridgehead atoms. The first-order valence-corrected chi connectivity index (χ1v) is 25.5. The summed E-state index contributed by atoms with van der Waals surface area (Å²) in [6.07, 6.45) is 45.4. The lowest BCUT2D eigenvalue weighted by Crippen LogP contribution is -2.51. The van der Waals surface area contributed by atoms with Crippen LogP contribution >= 0.6 is 0 Å². The van der Waals surface area contributed by atoms with Crippen molar-refractivity contribution in [3.63, 3.8) is 0 Å². The zero-order valence-corrected chi connectivity index (χ0v) is 39.9. The second kappa shape index (κ2) is 27.2. The normalized spacial score (nSPS) is 29.6. The molecule has 0 aromatic rings. The van der Waals surface area contributed by atoms with Crippen molar-refractivity contribution in [2.45, 2.75) is 214 Å². The van der Waals surface area contributed by atoms with Crippen LogP contribution in [-0.4, -0.2) is 64.2 Å². The molecule has 3 saturated carbocycles. The summed E-state index contributed by atoms with van der Waals surface area (Å²) < 4.78 is 19.1. The lowest BCUT2D eigenvalue weighted by atomic mass is 9.47. The Morgan fingerprint density at radius 2 is 1.45 bits per heavy atom. The Hall–Kier alpha value is -0.940. The second-order valence-electron chi connectivity index (χ2n) is 21.1. The van der Waals surface area contributed by atoms with Gasteiger partial charge in [-0.2, -0.15) is 0 Å². The van der Waals surface area contributed by atoms with E-state index >= 15 is 0 Å². The van der Waals surface area contributed by atoms with Gasteiger partial charge < -0.3 is 19.1 Å². The number of hydrogen-bond donors (Lipinski definition) is 0. The van der Waals surface area contributed by atoms with Crippen molar-refractivity contribution in [2.24, 2.45) is 46.3 Å². The smallest absolute Gasteiger partial charge is 0.0934 e. The van der Waals surface area contributed by atoms with E-state index in [-0.39, 0.29) is 6.10 Å². The molecule has 0 aliphatic heterocycles. The number of unbranched alkanes of at least 4 members (excludes halogenated alkanes) is 10. The fourth-order valence-electron chi connectivity index (χ4n) is 12.5. The summed E-state index contributed by atoms with van der Waals surface area (Å²) in [6, 6.07) is 0. The van der Waals surface area contributed by atoms with Gasteiger partial charge in [0.2, 0.25) is 0 Å². The quantitative estimate of drug-likeness (QED) is 0.0516. The molecule has 0 aromatic heterocycles. The number of nitrogens with zero attached hydrogens (tertiary/aromatic N) is 1. The third-order valence-corrected chi connectivity index (χ3v) is 15.9. The van der Waals surface area contributed by atoms with Crippen molar-refractivity contribution in [3.8, 4) is 0 Å². The maximum Gasteiger partial charge on any atom is 0.0934 e. The Morgan fingerprint density at radius 3 is 2.19 bits per heavy atom. The topological polar surface area (TPSA) is 30.9 Å². The molecular weight excluding hydrogens is 711 g/mol. The SMILES string of the molecule is CCCCCC=CCC=CCCCCCCCCOCC(CN(C)C)OCCCCO[C@H]1CC[C@@]2(C)C(=CC[C@H]3[C@@H]4CC[C@H]([C@H](C)CCCC(C)C)[C@@]4(C)CC[C@@H]32)C1. The fourth-order valence-corrected chi connectivity index (χ4v) is 12.5. The van der Waals surface area contributed by atoms with Crippen LogP contribution in [0.4, 0.5) is 0 Å². The molecule has 3 fully saturated rings. The molecule has 4 aliphatic carbocycles. The largest absolute Gasteiger partial charge is 0.379 e. The molecule has 336 valence electrons. The van der Waals surface area contributed by atoms with Crippen LogP contribution in [0, 0.1) is 46.3 Å². The molecule has 0 aromatic carbocycles. The van der Waals surface area contributed by atoms with Crippen molar-refractivity contribution in [1.29, 1.82) is 0 Å². The first-order chi connectivity index (χ1) is 28.1. The van der Waals surface area contributed by atoms with Gasteiger partial charge in [-0.05, 0) is 163 Å². The Morgan fingerprint density at radius 1 is 0.741 bits per heavy atom. The van der Waals surface area contributed by atoms with Crippen molar-refractivity contribution in [3.05, 3.63) is 36.0 Å². The molecule has 4 nitrogen and oxygen atoms in total. The van der Waals surface area contributed by atoms with Gasteiger partial charge in [0.05, 0.1) is 18.8 Å². The molecule has 4 heteroatoms. The van der Waals surface area contributed by atoms with Gasteiger partial charge in [0.25, 0.3) is 0 Å². The first-order valence-electron chi connectivity index (χ1n) is 25.5. The Balaban J connectivity index is 1.04. The van der Waals surface area contributed by atoms with E-state index in [9.17, 15) is 0 Å². The summed E-state index contributed by atoms with van der Waals surface area (Å²) in [7, 11) is 4.27. The van der Waals surface area contributed by atoms with Crippen LogP contribution in [0.2, 0.25) is 0 Å². The molecule has 0 radical (unpaired) electrons. The van der Waals surface area contributed by atoms with Gasteiger partial charge in [-0.25, -0.2) is 0 Å². The van der Waals surface area contributed by atoms with Gasteiger partial charge >= 0.3 is 0 Å². The van der Waals surface area contributed by atoms with E-state index in [1.807, 2.05) is 0 Å². The van der Waals surface area contributed by atoms with Gasteiger partial charge in [0.1, 0.15) is 0 Å². The third kappa shape index (κ3) is 16.1. The summed E-state index contributed by atoms with van der Waals surface area (Å²) in [4.78, 5) is 2.23. The van der Waals surface area contributed by atoms with Crippen molar-refractivity contribution in [1.82, 2.24) is 4.90 Å². The monoisotopic (exact) mass is 808 g/mol. The highest BCUT2D eigenvalue weighted by atomic mass is 16.5. The van der Waals surface area contributed by atoms with Crippen LogP contribution in [0.3, 0.4) is 0 Å². The Kier molecular flexibility index (Phi) is 23.3. The van der Waals surface area contributed by atoms with E-state index in [2.05, 4.69) is 90.9 Å². The van der Waals surface area contributed by atoms with Crippen LogP contribution in [-0.2, 0) is 14.2 Å². The zero-order valence-electron chi connectivity index (χ0n) is 39.9. The predicted octanol–water partition coefficient (Wildman–Crippen LogP) is 15.0. The second-order valence-corrected chi connectivity index (χ2v) is 21.1. The summed E-state index contributed by atoms with van der Waals surface area (Å²) >= 11 is 0. The minimum absolute atomic E-state index is 0.143. The summed E-state index contributed by atoms with van der Waals surface area (Å²) in [5.41, 5.74) is 2.74. The molecule has 0 spiro atoms. The fraction of sp³-hybridized carbons (Fsp3) is 0.889. The van der Waals surface area contributed by atoms with E-state index in [4.69, 9.17) is 14.2 Å². The minimum Gasteiger partial charge on any atom is -0.379 e. The third-order valence-electron chi connectivity index (χ3n) is 15.9. The summed E-state index contributed by atoms with van der Waals surface area (Å²) in [5, 5.41) is 0. The highest BCUT2D eigenvalue weighted by molar-refractivity contribution is 5.25. The van der Waals surface area contributed by atoms with Gasteiger partial charge in [-0.15, -0.1) is 0 Å². The van der Waals surface area contributed by atoms with Crippen LogP contribution in [0.15, 0.2) is 36.0 Å². The highest BCUT2D eigenvalue weighted by Gasteiger charge is 2.59. The van der Waals surface area contributed by atoms with E-state index < -0.39 is 0 Å². The highest BCUT2D eigenvalue weighted by Crippen LogP contribution is 2.67. The van der Waals surface area contributed by atoms with Gasteiger partial charge in [0, 0.05) is 26.4 Å². The van der Waals surface area contributed by atoms with Gasteiger partial charge in [-0.1, -0.05) is 135 Å². The van der Waals surface area contributed by atoms with Crippen LogP contribution in [0.25, 0.3) is 0 Å². The van der Waals surface area contributed by atoms with Crippen LogP contribution in [0.5, 0.6) is 0 Å². The first kappa shape index (κ1) is 49.7. The average Bonchev–Trinajstić information content (AvgIpc) is 3.55. The number of hydrogen-bond acceptors (Lipinski definition) is 4. The molecular formula is C54H97NO3. The summed E-state index contributed by atoms with van der Waals surface area (Å²) in [6.45, 7) is 19.2. The molecule has 4 aliphatic rings. The standard InChI is InChI=1S/C54H97NO3/c1-9-10-11-12-13-14-15-16-17-18-19-20-21-22-23-24-38-56-43-48(42-55(7)8)58-40-26-25-39-57-47-34-36-53(5)46(41-47)30-31-49-51-33-32-50(45(4)29-27-28-44(2)3)54(51,6)37-35-52(49)53/h13-14,16-17,30,44-45,47-52H,9-12,15,18-29,31-43H2,1-8H3/t45-,47+,48?,49+,50-,51+,52+,53+,54-/m1/s1. The molecule has 0 amide bonds. The number of allylic oxidation sites excluding steroid dienone is 5. The van der Waals surface area contributed by atoms with Crippen LogP contribution < -0.4 is 0 Å². The average molecular weight is 808 g/mol. The van der Waals surface area contributed by atoms with Gasteiger partial charge in [0.15, 0.2) is 0 Å². The summed E-state index contributed by atoms with van der Waals surface area (Å²) in [5.74, 6) is 5.43. The van der Waals surface area contributed by atoms with Gasteiger partial charge in [-0.3, -0.25) is 0 Å². The lowest BCUT2D eigenvalue weighted by molar-refractivity contribution is -0.0648. The molecule has 0 heterocycles. The number of fused-ring (bicyclic) bond motifs is 5. The molecule has 58 heavy (non-hydrogen) atoms. The molecule has 9 atom stereocenters. The number of rotatable bonds is 31. The molecule has 0 saturated heterocycles. The van der Waals surface area contributed by atoms with Crippen molar-refractivity contribution < 1.29 is 14.2 Å². The van der Waals surface area contributed by atoms with E-state index in [1.54, 1.807) is 5.57 Å². The molecule has 0 N–H and O–H groups in total. The maximum atomic E-state index is 6.59.